The number of hydrogen-bond donors (Lipinski definition) is 0. The van der Waals surface area contributed by atoms with Crippen LogP contribution in [0, 0.1) is 17.5 Å². The number of para-hydroxylation sites is 1. The van der Waals surface area contributed by atoms with Crippen molar-refractivity contribution in [3.05, 3.63) is 65.0 Å². The molecule has 98 valence electrons. The number of carbonyl (C=O) groups is 1. The van der Waals surface area contributed by atoms with Crippen LogP contribution in [0.1, 0.15) is 15.9 Å². The molecule has 0 unspecified atom stereocenters. The van der Waals surface area contributed by atoms with E-state index in [1.165, 1.54) is 12.1 Å². The second kappa shape index (κ2) is 5.56. The molecule has 19 heavy (non-hydrogen) atoms. The molecular formula is C14H9F3O2. The largest absolute Gasteiger partial charge is 0.485 e. The Kier molecular flexibility index (Phi) is 3.85. The maximum atomic E-state index is 13.5. The highest BCUT2D eigenvalue weighted by Gasteiger charge is 2.10. The summed E-state index contributed by atoms with van der Waals surface area (Å²) in [5.41, 5.74) is 0.245. The molecule has 0 atom stereocenters. The van der Waals surface area contributed by atoms with E-state index < -0.39 is 17.5 Å². The summed E-state index contributed by atoms with van der Waals surface area (Å²) < 4.78 is 44.5. The minimum Gasteiger partial charge on any atom is -0.485 e. The number of rotatable bonds is 4. The molecule has 2 rings (SSSR count). The third-order valence-corrected chi connectivity index (χ3v) is 2.43. The van der Waals surface area contributed by atoms with Crippen LogP contribution in [0.2, 0.25) is 0 Å². The molecule has 0 heterocycles. The predicted octanol–water partition coefficient (Wildman–Crippen LogP) is 3.50. The van der Waals surface area contributed by atoms with Gasteiger partial charge >= 0.3 is 0 Å². The fraction of sp³-hybridized carbons (Fsp3) is 0.0714. The molecule has 2 nitrogen and oxygen atoms in total. The lowest BCUT2D eigenvalue weighted by atomic mass is 10.2. The van der Waals surface area contributed by atoms with Crippen LogP contribution in [-0.2, 0) is 6.61 Å². The second-order valence-electron chi connectivity index (χ2n) is 3.84. The van der Waals surface area contributed by atoms with E-state index in [9.17, 15) is 18.0 Å². The molecule has 0 saturated carbocycles. The van der Waals surface area contributed by atoms with Gasteiger partial charge < -0.3 is 4.74 Å². The summed E-state index contributed by atoms with van der Waals surface area (Å²) in [6, 6.07) is 6.76. The van der Waals surface area contributed by atoms with Crippen molar-refractivity contribution in [1.82, 2.24) is 0 Å². The molecule has 0 aliphatic heterocycles. The van der Waals surface area contributed by atoms with Gasteiger partial charge in [-0.25, -0.2) is 13.2 Å². The molecular weight excluding hydrogens is 257 g/mol. The third-order valence-electron chi connectivity index (χ3n) is 2.43. The second-order valence-corrected chi connectivity index (χ2v) is 3.84. The van der Waals surface area contributed by atoms with Gasteiger partial charge in [-0.15, -0.1) is 0 Å². The van der Waals surface area contributed by atoms with E-state index >= 15 is 0 Å². The van der Waals surface area contributed by atoms with Crippen molar-refractivity contribution < 1.29 is 22.7 Å². The van der Waals surface area contributed by atoms with Gasteiger partial charge in [-0.2, -0.15) is 0 Å². The zero-order chi connectivity index (χ0) is 13.8. The van der Waals surface area contributed by atoms with Gasteiger partial charge in [0.2, 0.25) is 0 Å². The normalized spacial score (nSPS) is 10.3. The maximum absolute atomic E-state index is 13.5. The first kappa shape index (κ1) is 13.1. The van der Waals surface area contributed by atoms with Crippen molar-refractivity contribution in [2.45, 2.75) is 6.61 Å². The summed E-state index contributed by atoms with van der Waals surface area (Å²) in [6.07, 6.45) is 0.449. The van der Waals surface area contributed by atoms with Crippen molar-refractivity contribution >= 4 is 6.29 Å². The van der Waals surface area contributed by atoms with Crippen LogP contribution in [0.25, 0.3) is 0 Å². The summed E-state index contributed by atoms with van der Waals surface area (Å²) in [5.74, 6) is -2.44. The Morgan fingerprint density at radius 1 is 1.05 bits per heavy atom. The van der Waals surface area contributed by atoms with Crippen molar-refractivity contribution in [2.75, 3.05) is 0 Å². The van der Waals surface area contributed by atoms with Gasteiger partial charge in [0.05, 0.1) is 5.56 Å². The maximum Gasteiger partial charge on any atom is 0.165 e. The summed E-state index contributed by atoms with van der Waals surface area (Å²) in [7, 11) is 0. The highest BCUT2D eigenvalue weighted by Crippen LogP contribution is 2.22. The Balaban J connectivity index is 2.21. The quantitative estimate of drug-likeness (QED) is 0.792. The monoisotopic (exact) mass is 266 g/mol. The SMILES string of the molecule is O=Cc1cccc(F)c1OCc1cc(F)cc(F)c1. The molecule has 0 saturated heterocycles. The lowest BCUT2D eigenvalue weighted by Crippen LogP contribution is -2.01. The van der Waals surface area contributed by atoms with Crippen LogP contribution in [0.4, 0.5) is 13.2 Å². The molecule has 0 aromatic heterocycles. The highest BCUT2D eigenvalue weighted by molar-refractivity contribution is 5.79. The molecule has 0 spiro atoms. The van der Waals surface area contributed by atoms with Crippen LogP contribution < -0.4 is 4.74 Å². The standard InChI is InChI=1S/C14H9F3O2/c15-11-4-9(5-12(16)6-11)8-19-14-10(7-18)2-1-3-13(14)17/h1-7H,8H2. The topological polar surface area (TPSA) is 26.3 Å². The number of halogens is 3. The number of ether oxygens (including phenoxy) is 1. The first-order valence-corrected chi connectivity index (χ1v) is 5.41. The van der Waals surface area contributed by atoms with E-state index in [2.05, 4.69) is 0 Å². The molecule has 5 heteroatoms. The number of carbonyl (C=O) groups excluding carboxylic acids is 1. The zero-order valence-corrected chi connectivity index (χ0v) is 9.70. The minimum absolute atomic E-state index is 0.0388. The molecule has 0 aliphatic rings. The molecule has 0 bridgehead atoms. The average molecular weight is 266 g/mol. The smallest absolute Gasteiger partial charge is 0.165 e. The van der Waals surface area contributed by atoms with Gasteiger partial charge in [0.15, 0.2) is 17.9 Å². The van der Waals surface area contributed by atoms with E-state index in [0.29, 0.717) is 6.29 Å². The summed E-state index contributed by atoms with van der Waals surface area (Å²) in [5, 5.41) is 0. The summed E-state index contributed by atoms with van der Waals surface area (Å²) >= 11 is 0. The first-order chi connectivity index (χ1) is 9.10. The molecule has 0 radical (unpaired) electrons. The van der Waals surface area contributed by atoms with Crippen LogP contribution in [0.3, 0.4) is 0 Å². The molecule has 2 aromatic rings. The van der Waals surface area contributed by atoms with Gasteiger partial charge in [-0.3, -0.25) is 4.79 Å². The number of hydrogen-bond acceptors (Lipinski definition) is 2. The van der Waals surface area contributed by atoms with E-state index in [0.717, 1.165) is 24.3 Å². The molecule has 0 fully saturated rings. The zero-order valence-electron chi connectivity index (χ0n) is 9.70. The number of aldehydes is 1. The Morgan fingerprint density at radius 3 is 2.37 bits per heavy atom. The third kappa shape index (κ3) is 3.13. The number of benzene rings is 2. The summed E-state index contributed by atoms with van der Waals surface area (Å²) in [4.78, 5) is 10.7. The molecule has 0 N–H and O–H groups in total. The summed E-state index contributed by atoms with van der Waals surface area (Å²) in [6.45, 7) is -0.240. The van der Waals surface area contributed by atoms with Crippen LogP contribution in [0.15, 0.2) is 36.4 Å². The van der Waals surface area contributed by atoms with Gasteiger partial charge in [0.25, 0.3) is 0 Å². The molecule has 0 aliphatic carbocycles. The Hall–Kier alpha value is -2.30. The van der Waals surface area contributed by atoms with E-state index in [1.54, 1.807) is 0 Å². The van der Waals surface area contributed by atoms with E-state index in [4.69, 9.17) is 4.74 Å². The van der Waals surface area contributed by atoms with Crippen molar-refractivity contribution in [1.29, 1.82) is 0 Å². The Morgan fingerprint density at radius 2 is 1.74 bits per heavy atom. The fourth-order valence-corrected chi connectivity index (χ4v) is 1.62. The lowest BCUT2D eigenvalue weighted by Gasteiger charge is -2.09. The fourth-order valence-electron chi connectivity index (χ4n) is 1.62. The van der Waals surface area contributed by atoms with E-state index in [-0.39, 0.29) is 23.5 Å². The van der Waals surface area contributed by atoms with Crippen LogP contribution >= 0.6 is 0 Å². The van der Waals surface area contributed by atoms with Crippen molar-refractivity contribution in [3.63, 3.8) is 0 Å². The average Bonchev–Trinajstić information content (AvgIpc) is 2.36. The van der Waals surface area contributed by atoms with Crippen molar-refractivity contribution in [3.8, 4) is 5.75 Å². The Labute approximate surface area is 107 Å². The first-order valence-electron chi connectivity index (χ1n) is 5.41. The molecule has 0 amide bonds. The lowest BCUT2D eigenvalue weighted by molar-refractivity contribution is 0.111. The molecule has 2 aromatic carbocycles. The predicted molar refractivity (Wildman–Crippen MR) is 62.5 cm³/mol. The van der Waals surface area contributed by atoms with Crippen molar-refractivity contribution in [2.24, 2.45) is 0 Å². The van der Waals surface area contributed by atoms with Crippen LogP contribution in [0.5, 0.6) is 5.75 Å². The van der Waals surface area contributed by atoms with Gasteiger partial charge in [-0.1, -0.05) is 6.07 Å². The van der Waals surface area contributed by atoms with Gasteiger partial charge in [-0.05, 0) is 29.8 Å². The van der Waals surface area contributed by atoms with Crippen LogP contribution in [-0.4, -0.2) is 6.29 Å². The van der Waals surface area contributed by atoms with Gasteiger partial charge in [0, 0.05) is 6.07 Å². The van der Waals surface area contributed by atoms with Gasteiger partial charge in [0.1, 0.15) is 18.2 Å². The Bertz CT molecular complexity index is 591. The highest BCUT2D eigenvalue weighted by atomic mass is 19.1. The minimum atomic E-state index is -0.747. The van der Waals surface area contributed by atoms with E-state index in [1.807, 2.05) is 0 Å².